The van der Waals surface area contributed by atoms with Gasteiger partial charge in [-0.15, -0.1) is 10.2 Å². The molecule has 11 heteroatoms. The molecule has 7 nitrogen and oxygen atoms in total. The normalized spacial score (nSPS) is 20.3. The lowest BCUT2D eigenvalue weighted by atomic mass is 9.74. The van der Waals surface area contributed by atoms with E-state index in [1.54, 1.807) is 31.3 Å². The van der Waals surface area contributed by atoms with Crippen LogP contribution in [0.1, 0.15) is 17.6 Å². The highest BCUT2D eigenvalue weighted by Crippen LogP contribution is 2.47. The first-order valence-corrected chi connectivity index (χ1v) is 10.3. The highest BCUT2D eigenvalue weighted by atomic mass is 19.4. The van der Waals surface area contributed by atoms with E-state index in [0.717, 1.165) is 6.08 Å². The molecular weight excluding hydrogens is 454 g/mol. The summed E-state index contributed by atoms with van der Waals surface area (Å²) in [5.41, 5.74) is -1.15. The number of carbonyl (C=O) groups is 1. The van der Waals surface area contributed by atoms with Gasteiger partial charge in [0, 0.05) is 30.7 Å². The predicted molar refractivity (Wildman–Crippen MR) is 114 cm³/mol. The highest BCUT2D eigenvalue weighted by molar-refractivity contribution is 5.80. The first-order chi connectivity index (χ1) is 16.2. The molecule has 34 heavy (non-hydrogen) atoms. The van der Waals surface area contributed by atoms with E-state index in [1.165, 1.54) is 33.1 Å². The van der Waals surface area contributed by atoms with Gasteiger partial charge < -0.3 is 19.1 Å². The summed E-state index contributed by atoms with van der Waals surface area (Å²) in [6.07, 6.45) is -1.00. The third kappa shape index (κ3) is 3.26. The molecule has 4 heterocycles. The third-order valence-corrected chi connectivity index (χ3v) is 6.25. The van der Waals surface area contributed by atoms with Crippen molar-refractivity contribution in [1.29, 1.82) is 0 Å². The Morgan fingerprint density at radius 2 is 2.00 bits per heavy atom. The van der Waals surface area contributed by atoms with E-state index < -0.39 is 23.3 Å². The van der Waals surface area contributed by atoms with E-state index in [2.05, 4.69) is 16.8 Å². The van der Waals surface area contributed by atoms with E-state index >= 15 is 4.39 Å². The van der Waals surface area contributed by atoms with Crippen molar-refractivity contribution in [2.24, 2.45) is 7.05 Å². The van der Waals surface area contributed by atoms with Crippen LogP contribution in [-0.2, 0) is 22.0 Å². The maximum atomic E-state index is 15.7. The van der Waals surface area contributed by atoms with Gasteiger partial charge in [0.05, 0.1) is 29.9 Å². The standard InChI is InChI=1S/C23H19F4N5O2/c1-14-31(9-19-18(23(25,26)27)6-15(10-33)8-32(14)19)17-5-3-4-16(7-17)22(11-34-12-22)20(24)21-29-28-13-30(21)2/h3-10,13,20H,1,11-12H2,2H3. The largest absolute Gasteiger partial charge is 0.418 e. The smallest absolute Gasteiger partial charge is 0.379 e. The Kier molecular flexibility index (Phi) is 4.97. The second kappa shape index (κ2) is 7.66. The van der Waals surface area contributed by atoms with Crippen LogP contribution in [0.25, 0.3) is 0 Å². The zero-order valence-electron chi connectivity index (χ0n) is 18.0. The Labute approximate surface area is 191 Å². The molecule has 176 valence electrons. The molecule has 0 aliphatic carbocycles. The molecule has 1 aromatic carbocycles. The van der Waals surface area contributed by atoms with Crippen LogP contribution in [0.3, 0.4) is 0 Å². The zero-order chi connectivity index (χ0) is 24.3. The summed E-state index contributed by atoms with van der Waals surface area (Å²) in [5.74, 6) is 0.357. The number of hydrogen-bond acceptors (Lipinski definition) is 6. The van der Waals surface area contributed by atoms with Gasteiger partial charge in [-0.05, 0) is 23.8 Å². The molecule has 1 saturated heterocycles. The van der Waals surface area contributed by atoms with Gasteiger partial charge in [0.2, 0.25) is 0 Å². The van der Waals surface area contributed by atoms with Crippen molar-refractivity contribution in [1.82, 2.24) is 19.7 Å². The van der Waals surface area contributed by atoms with Crippen molar-refractivity contribution in [2.45, 2.75) is 17.8 Å². The molecular formula is C23H19F4N5O2. The fourth-order valence-corrected chi connectivity index (χ4v) is 4.31. The van der Waals surface area contributed by atoms with Crippen LogP contribution in [-0.4, -0.2) is 45.3 Å². The van der Waals surface area contributed by atoms with Gasteiger partial charge in [0.15, 0.2) is 18.3 Å². The van der Waals surface area contributed by atoms with E-state index in [0.29, 0.717) is 17.5 Å². The highest BCUT2D eigenvalue weighted by Gasteiger charge is 2.51. The Morgan fingerprint density at radius 1 is 1.24 bits per heavy atom. The van der Waals surface area contributed by atoms with E-state index in [-0.39, 0.29) is 36.1 Å². The first-order valence-electron chi connectivity index (χ1n) is 10.3. The number of benzene rings is 1. The van der Waals surface area contributed by atoms with Gasteiger partial charge in [-0.25, -0.2) is 4.39 Å². The number of alkyl halides is 4. The number of hydrogen-bond donors (Lipinski definition) is 0. The van der Waals surface area contributed by atoms with Gasteiger partial charge in [0.25, 0.3) is 0 Å². The maximum absolute atomic E-state index is 15.7. The number of fused-ring (bicyclic) bond motifs is 1. The summed E-state index contributed by atoms with van der Waals surface area (Å²) in [5, 5.41) is 7.64. The van der Waals surface area contributed by atoms with Gasteiger partial charge in [-0.2, -0.15) is 13.2 Å². The second-order valence-corrected chi connectivity index (χ2v) is 8.34. The average Bonchev–Trinajstić information content (AvgIpc) is 3.35. The monoisotopic (exact) mass is 473 g/mol. The molecule has 1 atom stereocenters. The van der Waals surface area contributed by atoms with E-state index in [9.17, 15) is 18.0 Å². The topological polar surface area (TPSA) is 63.5 Å². The summed E-state index contributed by atoms with van der Waals surface area (Å²) >= 11 is 0. The molecule has 1 aromatic heterocycles. The summed E-state index contributed by atoms with van der Waals surface area (Å²) < 4.78 is 63.6. The molecule has 1 unspecified atom stereocenters. The summed E-state index contributed by atoms with van der Waals surface area (Å²) in [7, 11) is 1.65. The van der Waals surface area contributed by atoms with Gasteiger partial charge in [0.1, 0.15) is 12.1 Å². The zero-order valence-corrected chi connectivity index (χ0v) is 18.0. The number of carbonyl (C=O) groups excluding carboxylic acids is 1. The maximum Gasteiger partial charge on any atom is 0.418 e. The molecule has 5 rings (SSSR count). The summed E-state index contributed by atoms with van der Waals surface area (Å²) in [4.78, 5) is 13.9. The fourth-order valence-electron chi connectivity index (χ4n) is 4.31. The number of nitrogens with zero attached hydrogens (tertiary/aromatic N) is 5. The predicted octanol–water partition coefficient (Wildman–Crippen LogP) is 3.81. The molecule has 3 aliphatic heterocycles. The van der Waals surface area contributed by atoms with E-state index in [4.69, 9.17) is 4.74 Å². The van der Waals surface area contributed by atoms with Gasteiger partial charge >= 0.3 is 6.18 Å². The Morgan fingerprint density at radius 3 is 2.59 bits per heavy atom. The van der Waals surface area contributed by atoms with Crippen molar-refractivity contribution in [3.05, 3.63) is 89.7 Å². The van der Waals surface area contributed by atoms with Crippen molar-refractivity contribution >= 4 is 12.0 Å². The summed E-state index contributed by atoms with van der Waals surface area (Å²) in [6, 6.07) is 6.84. The Balaban J connectivity index is 1.53. The van der Waals surface area contributed by atoms with Gasteiger partial charge in [-0.3, -0.25) is 4.79 Å². The number of allylic oxidation sites excluding steroid dienone is 3. The molecule has 0 bridgehead atoms. The summed E-state index contributed by atoms with van der Waals surface area (Å²) in [6.45, 7) is 4.15. The average molecular weight is 473 g/mol. The first kappa shape index (κ1) is 22.1. The van der Waals surface area contributed by atoms with Gasteiger partial charge in [-0.1, -0.05) is 18.7 Å². The minimum absolute atomic E-state index is 0.116. The molecule has 0 spiro atoms. The van der Waals surface area contributed by atoms with Crippen LogP contribution in [0.2, 0.25) is 0 Å². The lowest BCUT2D eigenvalue weighted by Gasteiger charge is -2.44. The molecule has 0 radical (unpaired) electrons. The SMILES string of the molecule is C=C1N2C=C(C=O)C=C(C(F)(F)F)C2=CN1c1cccc(C2(C(F)c3nncn3C)COC2)c1. The number of anilines is 1. The van der Waals surface area contributed by atoms with E-state index in [1.807, 2.05) is 0 Å². The van der Waals surface area contributed by atoms with Crippen LogP contribution in [0.4, 0.5) is 23.2 Å². The quantitative estimate of drug-likeness (QED) is 0.486. The fraction of sp³-hybridized carbons (Fsp3) is 0.261. The Hall–Kier alpha value is -3.73. The number of aryl methyl sites for hydroxylation is 1. The van der Waals surface area contributed by atoms with Crippen LogP contribution in [0.15, 0.2) is 78.3 Å². The molecule has 0 amide bonds. The van der Waals surface area contributed by atoms with Crippen LogP contribution < -0.4 is 4.90 Å². The minimum atomic E-state index is -4.67. The van der Waals surface area contributed by atoms with Crippen LogP contribution in [0, 0.1) is 0 Å². The molecule has 0 N–H and O–H groups in total. The molecule has 2 aromatic rings. The minimum Gasteiger partial charge on any atom is -0.379 e. The molecule has 1 fully saturated rings. The Bertz CT molecular complexity index is 1270. The number of halogens is 4. The lowest BCUT2D eigenvalue weighted by Crippen LogP contribution is -2.50. The third-order valence-electron chi connectivity index (χ3n) is 6.25. The number of aromatic nitrogens is 3. The van der Waals surface area contributed by atoms with Crippen molar-refractivity contribution in [3.8, 4) is 0 Å². The number of aldehydes is 1. The van der Waals surface area contributed by atoms with Crippen molar-refractivity contribution < 1.29 is 27.1 Å². The van der Waals surface area contributed by atoms with Crippen LogP contribution >= 0.6 is 0 Å². The second-order valence-electron chi connectivity index (χ2n) is 8.34. The lowest BCUT2D eigenvalue weighted by molar-refractivity contribution is -0.104. The number of rotatable bonds is 5. The number of ether oxygens (including phenoxy) is 1. The van der Waals surface area contributed by atoms with Crippen molar-refractivity contribution in [2.75, 3.05) is 18.1 Å². The van der Waals surface area contributed by atoms with Crippen molar-refractivity contribution in [3.63, 3.8) is 0 Å². The van der Waals surface area contributed by atoms with Crippen LogP contribution in [0.5, 0.6) is 0 Å². The molecule has 0 saturated carbocycles. The molecule has 3 aliphatic rings.